The molecular weight excluding hydrogens is 192 g/mol. The quantitative estimate of drug-likeness (QED) is 0.691. The molecule has 1 aliphatic heterocycles. The monoisotopic (exact) mass is 214 g/mol. The molecule has 1 heterocycles. The molecule has 4 nitrogen and oxygen atoms in total. The number of ether oxygens (including phenoxy) is 1. The fourth-order valence-corrected chi connectivity index (χ4v) is 2.03. The summed E-state index contributed by atoms with van der Waals surface area (Å²) >= 11 is 0. The Kier molecular flexibility index (Phi) is 5.05. The minimum atomic E-state index is -0.0768. The van der Waals surface area contributed by atoms with E-state index in [-0.39, 0.29) is 12.0 Å². The highest BCUT2D eigenvalue weighted by Crippen LogP contribution is 2.13. The lowest BCUT2D eigenvalue weighted by molar-refractivity contribution is -0.151. The minimum Gasteiger partial charge on any atom is -0.465 e. The van der Waals surface area contributed by atoms with Crippen LogP contribution in [0.1, 0.15) is 20.8 Å². The fourth-order valence-electron chi connectivity index (χ4n) is 2.03. The summed E-state index contributed by atoms with van der Waals surface area (Å²) < 4.78 is 5.12. The third-order valence-electron chi connectivity index (χ3n) is 2.70. The molecule has 88 valence electrons. The Labute approximate surface area is 92.0 Å². The van der Waals surface area contributed by atoms with Crippen molar-refractivity contribution in [3.63, 3.8) is 0 Å². The van der Waals surface area contributed by atoms with Crippen molar-refractivity contribution in [1.29, 1.82) is 0 Å². The van der Waals surface area contributed by atoms with E-state index in [9.17, 15) is 4.79 Å². The molecule has 1 fully saturated rings. The van der Waals surface area contributed by atoms with E-state index in [0.717, 1.165) is 26.2 Å². The van der Waals surface area contributed by atoms with Crippen molar-refractivity contribution in [2.24, 2.45) is 5.92 Å². The summed E-state index contributed by atoms with van der Waals surface area (Å²) in [6.07, 6.45) is 0. The molecule has 1 aliphatic rings. The van der Waals surface area contributed by atoms with Crippen molar-refractivity contribution in [3.05, 3.63) is 0 Å². The highest BCUT2D eigenvalue weighted by molar-refractivity contribution is 5.76. The van der Waals surface area contributed by atoms with Crippen LogP contribution in [0.2, 0.25) is 0 Å². The lowest BCUT2D eigenvalue weighted by Crippen LogP contribution is -2.53. The molecule has 1 saturated heterocycles. The second-order valence-electron chi connectivity index (χ2n) is 4.23. The number of nitrogens with one attached hydrogen (secondary N) is 1. The van der Waals surface area contributed by atoms with Crippen LogP contribution in [0.25, 0.3) is 0 Å². The molecule has 15 heavy (non-hydrogen) atoms. The Morgan fingerprint density at radius 2 is 2.00 bits per heavy atom. The second-order valence-corrected chi connectivity index (χ2v) is 4.23. The van der Waals surface area contributed by atoms with Crippen LogP contribution >= 0.6 is 0 Å². The minimum absolute atomic E-state index is 0.0746. The Morgan fingerprint density at radius 1 is 1.40 bits per heavy atom. The number of carbonyl (C=O) groups excluding carboxylic acids is 1. The molecule has 0 spiro atoms. The number of esters is 1. The van der Waals surface area contributed by atoms with Gasteiger partial charge in [0.2, 0.25) is 0 Å². The molecule has 0 saturated carbocycles. The zero-order valence-electron chi connectivity index (χ0n) is 9.95. The molecule has 0 amide bonds. The Hall–Kier alpha value is -0.610. The van der Waals surface area contributed by atoms with Gasteiger partial charge in [0.15, 0.2) is 0 Å². The summed E-state index contributed by atoms with van der Waals surface area (Å²) in [5.74, 6) is 0.233. The van der Waals surface area contributed by atoms with Crippen LogP contribution in [0.15, 0.2) is 0 Å². The number of rotatable bonds is 4. The highest BCUT2D eigenvalue weighted by atomic mass is 16.5. The number of nitrogens with zero attached hydrogens (tertiary/aromatic N) is 1. The van der Waals surface area contributed by atoms with E-state index in [4.69, 9.17) is 4.74 Å². The van der Waals surface area contributed by atoms with Crippen LogP contribution in [-0.4, -0.2) is 49.7 Å². The number of hydrogen-bond donors (Lipinski definition) is 1. The summed E-state index contributed by atoms with van der Waals surface area (Å²) in [6, 6.07) is -0.0768. The molecule has 0 radical (unpaired) electrons. The van der Waals surface area contributed by atoms with Gasteiger partial charge in [-0.25, -0.2) is 0 Å². The molecule has 0 aromatic heterocycles. The van der Waals surface area contributed by atoms with Gasteiger partial charge in [0.1, 0.15) is 6.04 Å². The van der Waals surface area contributed by atoms with Crippen molar-refractivity contribution in [2.45, 2.75) is 26.8 Å². The molecule has 1 N–H and O–H groups in total. The van der Waals surface area contributed by atoms with Crippen molar-refractivity contribution in [1.82, 2.24) is 10.2 Å². The topological polar surface area (TPSA) is 41.6 Å². The number of carbonyl (C=O) groups is 1. The van der Waals surface area contributed by atoms with Gasteiger partial charge in [-0.1, -0.05) is 13.8 Å². The van der Waals surface area contributed by atoms with Crippen molar-refractivity contribution in [2.75, 3.05) is 32.8 Å². The fraction of sp³-hybridized carbons (Fsp3) is 0.909. The average molecular weight is 214 g/mol. The molecule has 1 rings (SSSR count). The predicted octanol–water partition coefficient (Wildman–Crippen LogP) is 0.479. The SMILES string of the molecule is CCOC(=O)C(C(C)C)N1CCNCC1. The standard InChI is InChI=1S/C11H22N2O2/c1-4-15-11(14)10(9(2)3)13-7-5-12-6-8-13/h9-10,12H,4-8H2,1-3H3. The third kappa shape index (κ3) is 3.47. The molecule has 0 aliphatic carbocycles. The van der Waals surface area contributed by atoms with Crippen LogP contribution in [0.4, 0.5) is 0 Å². The predicted molar refractivity (Wildman–Crippen MR) is 59.7 cm³/mol. The van der Waals surface area contributed by atoms with Gasteiger partial charge in [0, 0.05) is 26.2 Å². The molecule has 1 unspecified atom stereocenters. The summed E-state index contributed by atoms with van der Waals surface area (Å²) in [4.78, 5) is 14.0. The first-order valence-electron chi connectivity index (χ1n) is 5.78. The van der Waals surface area contributed by atoms with Gasteiger partial charge < -0.3 is 10.1 Å². The summed E-state index contributed by atoms with van der Waals surface area (Å²) in [7, 11) is 0. The van der Waals surface area contributed by atoms with Gasteiger partial charge in [0.05, 0.1) is 6.61 Å². The zero-order valence-corrected chi connectivity index (χ0v) is 9.95. The third-order valence-corrected chi connectivity index (χ3v) is 2.70. The Balaban J connectivity index is 2.59. The maximum Gasteiger partial charge on any atom is 0.323 e. The summed E-state index contributed by atoms with van der Waals surface area (Å²) in [6.45, 7) is 10.3. The Morgan fingerprint density at radius 3 is 2.47 bits per heavy atom. The molecule has 0 aromatic carbocycles. The van der Waals surface area contributed by atoms with E-state index in [1.807, 2.05) is 6.92 Å². The first-order chi connectivity index (χ1) is 7.16. The van der Waals surface area contributed by atoms with Crippen LogP contribution in [0, 0.1) is 5.92 Å². The maximum atomic E-state index is 11.8. The molecule has 1 atom stereocenters. The van der Waals surface area contributed by atoms with Crippen LogP contribution in [0.3, 0.4) is 0 Å². The van der Waals surface area contributed by atoms with Gasteiger partial charge >= 0.3 is 5.97 Å². The first-order valence-corrected chi connectivity index (χ1v) is 5.78. The molecule has 0 aromatic rings. The van der Waals surface area contributed by atoms with E-state index in [2.05, 4.69) is 24.1 Å². The van der Waals surface area contributed by atoms with Crippen molar-refractivity contribution >= 4 is 5.97 Å². The number of hydrogen-bond acceptors (Lipinski definition) is 4. The van der Waals surface area contributed by atoms with Crippen LogP contribution in [0.5, 0.6) is 0 Å². The molecule has 0 bridgehead atoms. The van der Waals surface area contributed by atoms with Gasteiger partial charge in [-0.15, -0.1) is 0 Å². The smallest absolute Gasteiger partial charge is 0.323 e. The van der Waals surface area contributed by atoms with E-state index in [1.165, 1.54) is 0 Å². The average Bonchev–Trinajstić information content (AvgIpc) is 2.19. The lowest BCUT2D eigenvalue weighted by Gasteiger charge is -2.35. The van der Waals surface area contributed by atoms with Crippen molar-refractivity contribution < 1.29 is 9.53 Å². The van der Waals surface area contributed by atoms with E-state index < -0.39 is 0 Å². The van der Waals surface area contributed by atoms with E-state index in [1.54, 1.807) is 0 Å². The maximum absolute atomic E-state index is 11.8. The number of piperazine rings is 1. The van der Waals surface area contributed by atoms with E-state index in [0.29, 0.717) is 12.5 Å². The van der Waals surface area contributed by atoms with Gasteiger partial charge in [-0.05, 0) is 12.8 Å². The van der Waals surface area contributed by atoms with Crippen molar-refractivity contribution in [3.8, 4) is 0 Å². The van der Waals surface area contributed by atoms with Gasteiger partial charge in [0.25, 0.3) is 0 Å². The van der Waals surface area contributed by atoms with Gasteiger partial charge in [-0.3, -0.25) is 9.69 Å². The van der Waals surface area contributed by atoms with Crippen LogP contribution in [-0.2, 0) is 9.53 Å². The lowest BCUT2D eigenvalue weighted by atomic mass is 10.0. The second kappa shape index (κ2) is 6.08. The molecule has 4 heteroatoms. The first kappa shape index (κ1) is 12.5. The largest absolute Gasteiger partial charge is 0.465 e. The normalized spacial score (nSPS) is 20.3. The molecular formula is C11H22N2O2. The van der Waals surface area contributed by atoms with Gasteiger partial charge in [-0.2, -0.15) is 0 Å². The van der Waals surface area contributed by atoms with Crippen LogP contribution < -0.4 is 5.32 Å². The zero-order chi connectivity index (χ0) is 11.3. The van der Waals surface area contributed by atoms with E-state index >= 15 is 0 Å². The Bertz CT molecular complexity index is 201. The summed E-state index contributed by atoms with van der Waals surface area (Å²) in [5, 5.41) is 3.29. The highest BCUT2D eigenvalue weighted by Gasteiger charge is 2.30. The summed E-state index contributed by atoms with van der Waals surface area (Å²) in [5.41, 5.74) is 0.